The molecule has 1 aliphatic carbocycles. The van der Waals surface area contributed by atoms with Crippen LogP contribution in [0.4, 0.5) is 4.39 Å². The maximum absolute atomic E-state index is 15.2. The number of hydrogen-bond acceptors (Lipinski definition) is 5. The van der Waals surface area contributed by atoms with Crippen LogP contribution in [-0.2, 0) is 0 Å². The van der Waals surface area contributed by atoms with Gasteiger partial charge in [0.25, 0.3) is 5.91 Å². The van der Waals surface area contributed by atoms with Crippen molar-refractivity contribution in [1.29, 1.82) is 0 Å². The quantitative estimate of drug-likeness (QED) is 0.359. The lowest BCUT2D eigenvalue weighted by molar-refractivity contribution is 0.0934. The van der Waals surface area contributed by atoms with Crippen LogP contribution in [0.25, 0.3) is 44.3 Å². The number of rotatable bonds is 4. The average molecular weight is 467 g/mol. The number of aromatic amines is 1. The van der Waals surface area contributed by atoms with E-state index in [0.717, 1.165) is 41.4 Å². The molecule has 174 valence electrons. The van der Waals surface area contributed by atoms with Crippen LogP contribution in [0.2, 0.25) is 0 Å². The van der Waals surface area contributed by atoms with Gasteiger partial charge in [-0.3, -0.25) is 14.8 Å². The van der Waals surface area contributed by atoms with Crippen molar-refractivity contribution in [3.8, 4) is 22.4 Å². The average Bonchev–Trinajstić information content (AvgIpc) is 3.47. The number of carbonyl (C=O) groups excluding carboxylic acids is 1. The van der Waals surface area contributed by atoms with E-state index in [2.05, 4.69) is 25.3 Å². The second-order valence-corrected chi connectivity index (χ2v) is 8.94. The molecule has 8 heteroatoms. The molecule has 0 bridgehead atoms. The Balaban J connectivity index is 1.41. The molecule has 1 aromatic carbocycles. The van der Waals surface area contributed by atoms with Crippen LogP contribution in [0.1, 0.15) is 29.6 Å². The predicted molar refractivity (Wildman–Crippen MR) is 133 cm³/mol. The van der Waals surface area contributed by atoms with Gasteiger partial charge in [-0.25, -0.2) is 9.37 Å². The Kier molecular flexibility index (Phi) is 5.22. The Morgan fingerprint density at radius 3 is 2.66 bits per heavy atom. The van der Waals surface area contributed by atoms with Gasteiger partial charge in [0.2, 0.25) is 0 Å². The van der Waals surface area contributed by atoms with Gasteiger partial charge in [0, 0.05) is 51.9 Å². The highest BCUT2D eigenvalue weighted by atomic mass is 19.1. The Hall–Kier alpha value is -4.17. The molecule has 6 rings (SSSR count). The van der Waals surface area contributed by atoms with Crippen LogP contribution in [-0.4, -0.2) is 37.9 Å². The number of nitrogens with two attached hydrogens (primary N) is 1. The zero-order valence-corrected chi connectivity index (χ0v) is 18.8. The smallest absolute Gasteiger partial charge is 0.251 e. The zero-order chi connectivity index (χ0) is 23.9. The number of amides is 1. The maximum Gasteiger partial charge on any atom is 0.251 e. The molecule has 0 aliphatic heterocycles. The van der Waals surface area contributed by atoms with Gasteiger partial charge in [0.15, 0.2) is 0 Å². The molecule has 0 radical (unpaired) electrons. The van der Waals surface area contributed by atoms with Gasteiger partial charge in [0.1, 0.15) is 11.5 Å². The standard InChI is InChI=1S/C27H23FN6O/c28-19-13-32-26-25(18-11-22(31-14-23(18)33-26)17-3-2-10-30-12-17)24(19)15-6-8-16(9-7-15)27(35)34-21-5-1-4-20(21)29/h2-3,6-14,20-21H,1,4-5,29H2,(H,32,33)(H,34,35)/t20-,21-/m1/s1. The zero-order valence-electron chi connectivity index (χ0n) is 18.8. The van der Waals surface area contributed by atoms with Crippen LogP contribution in [0, 0.1) is 5.82 Å². The fraction of sp³-hybridized carbons (Fsp3) is 0.185. The van der Waals surface area contributed by atoms with Gasteiger partial charge in [-0.05, 0) is 55.2 Å². The van der Waals surface area contributed by atoms with E-state index >= 15 is 4.39 Å². The van der Waals surface area contributed by atoms with E-state index in [1.807, 2.05) is 18.2 Å². The molecule has 0 spiro atoms. The summed E-state index contributed by atoms with van der Waals surface area (Å²) < 4.78 is 15.2. The lowest BCUT2D eigenvalue weighted by atomic mass is 9.99. The normalized spacial score (nSPS) is 17.8. The molecule has 4 heterocycles. The molecule has 1 amide bonds. The van der Waals surface area contributed by atoms with Crippen LogP contribution in [0.5, 0.6) is 0 Å². The van der Waals surface area contributed by atoms with Crippen molar-refractivity contribution in [3.63, 3.8) is 0 Å². The van der Waals surface area contributed by atoms with Gasteiger partial charge in [-0.1, -0.05) is 12.1 Å². The van der Waals surface area contributed by atoms with E-state index in [1.165, 1.54) is 6.20 Å². The van der Waals surface area contributed by atoms with E-state index < -0.39 is 5.82 Å². The Morgan fingerprint density at radius 2 is 1.91 bits per heavy atom. The third-order valence-electron chi connectivity index (χ3n) is 6.74. The van der Waals surface area contributed by atoms with E-state index in [4.69, 9.17) is 5.73 Å². The van der Waals surface area contributed by atoms with Crippen molar-refractivity contribution >= 4 is 27.8 Å². The molecule has 2 atom stereocenters. The van der Waals surface area contributed by atoms with Crippen LogP contribution in [0.15, 0.2) is 67.3 Å². The second-order valence-electron chi connectivity index (χ2n) is 8.94. The summed E-state index contributed by atoms with van der Waals surface area (Å²) in [6.45, 7) is 0. The number of nitrogens with one attached hydrogen (secondary N) is 2. The molecule has 4 N–H and O–H groups in total. The minimum Gasteiger partial charge on any atom is -0.348 e. The molecule has 0 saturated heterocycles. The van der Waals surface area contributed by atoms with Gasteiger partial charge < -0.3 is 16.0 Å². The van der Waals surface area contributed by atoms with Crippen LogP contribution < -0.4 is 11.1 Å². The van der Waals surface area contributed by atoms with Crippen molar-refractivity contribution in [2.24, 2.45) is 5.73 Å². The van der Waals surface area contributed by atoms with Crippen LogP contribution in [0.3, 0.4) is 0 Å². The molecule has 7 nitrogen and oxygen atoms in total. The summed E-state index contributed by atoms with van der Waals surface area (Å²) in [5.41, 5.74) is 10.6. The first kappa shape index (κ1) is 21.4. The topological polar surface area (TPSA) is 110 Å². The summed E-state index contributed by atoms with van der Waals surface area (Å²) in [5.74, 6) is -0.606. The number of carbonyl (C=O) groups is 1. The summed E-state index contributed by atoms with van der Waals surface area (Å²) in [4.78, 5) is 28.9. The summed E-state index contributed by atoms with van der Waals surface area (Å²) in [5, 5.41) is 4.50. The van der Waals surface area contributed by atoms with Crippen molar-refractivity contribution in [2.75, 3.05) is 0 Å². The van der Waals surface area contributed by atoms with Gasteiger partial charge >= 0.3 is 0 Å². The van der Waals surface area contributed by atoms with Crippen LogP contribution >= 0.6 is 0 Å². The number of H-pyrrole nitrogens is 1. The van der Waals surface area contributed by atoms with Crippen molar-refractivity contribution in [2.45, 2.75) is 31.3 Å². The monoisotopic (exact) mass is 466 g/mol. The van der Waals surface area contributed by atoms with E-state index in [0.29, 0.717) is 27.7 Å². The third-order valence-corrected chi connectivity index (χ3v) is 6.74. The Labute approximate surface area is 200 Å². The molecular weight excluding hydrogens is 443 g/mol. The molecule has 5 aromatic rings. The molecule has 1 aliphatic rings. The van der Waals surface area contributed by atoms with Gasteiger partial charge in [-0.2, -0.15) is 0 Å². The Morgan fingerprint density at radius 1 is 1.06 bits per heavy atom. The maximum atomic E-state index is 15.2. The SMILES string of the molecule is N[C@@H]1CCC[C@H]1NC(=O)c1ccc(-c2c(F)cnc3[nH]c4cnc(-c5cccnc5)cc4c23)cc1. The summed E-state index contributed by atoms with van der Waals surface area (Å²) >= 11 is 0. The first-order valence-electron chi connectivity index (χ1n) is 11.6. The van der Waals surface area contributed by atoms with Crippen molar-refractivity contribution in [1.82, 2.24) is 25.3 Å². The highest BCUT2D eigenvalue weighted by Gasteiger charge is 2.25. The molecule has 1 fully saturated rings. The first-order valence-corrected chi connectivity index (χ1v) is 11.6. The number of hydrogen-bond donors (Lipinski definition) is 3. The highest BCUT2D eigenvalue weighted by molar-refractivity contribution is 6.13. The van der Waals surface area contributed by atoms with E-state index in [1.54, 1.807) is 42.9 Å². The molecule has 35 heavy (non-hydrogen) atoms. The van der Waals surface area contributed by atoms with Gasteiger partial charge in [0.05, 0.1) is 23.6 Å². The third kappa shape index (κ3) is 3.81. The second kappa shape index (κ2) is 8.56. The minimum absolute atomic E-state index is 0.00622. The highest BCUT2D eigenvalue weighted by Crippen LogP contribution is 2.36. The fourth-order valence-corrected chi connectivity index (χ4v) is 4.90. The summed E-state index contributed by atoms with van der Waals surface area (Å²) in [7, 11) is 0. The summed E-state index contributed by atoms with van der Waals surface area (Å²) in [6.07, 6.45) is 9.21. The lowest BCUT2D eigenvalue weighted by Crippen LogP contribution is -2.43. The molecule has 0 unspecified atom stereocenters. The number of halogens is 1. The van der Waals surface area contributed by atoms with E-state index in [-0.39, 0.29) is 18.0 Å². The molecular formula is C27H23FN6O. The largest absolute Gasteiger partial charge is 0.348 e. The first-order chi connectivity index (χ1) is 17.1. The summed E-state index contributed by atoms with van der Waals surface area (Å²) in [6, 6.07) is 12.6. The molecule has 1 saturated carbocycles. The predicted octanol–water partition coefficient (Wildman–Crippen LogP) is 4.59. The fourth-order valence-electron chi connectivity index (χ4n) is 4.90. The van der Waals surface area contributed by atoms with E-state index in [9.17, 15) is 4.79 Å². The number of benzene rings is 1. The van der Waals surface area contributed by atoms with Gasteiger partial charge in [-0.15, -0.1) is 0 Å². The minimum atomic E-state index is -0.438. The molecule has 4 aromatic heterocycles. The number of aromatic nitrogens is 4. The number of fused-ring (bicyclic) bond motifs is 3. The number of nitrogens with zero attached hydrogens (tertiary/aromatic N) is 3. The van der Waals surface area contributed by atoms with Crippen molar-refractivity contribution in [3.05, 3.63) is 78.6 Å². The number of pyridine rings is 3. The van der Waals surface area contributed by atoms with Crippen molar-refractivity contribution < 1.29 is 9.18 Å². The Bertz CT molecular complexity index is 1550. The lowest BCUT2D eigenvalue weighted by Gasteiger charge is -2.17.